The molecule has 1 aliphatic heterocycles. The van der Waals surface area contributed by atoms with E-state index in [4.69, 9.17) is 5.73 Å². The zero-order valence-electron chi connectivity index (χ0n) is 9.56. The number of nitrogens with two attached hydrogens (primary N) is 1. The van der Waals surface area contributed by atoms with Gasteiger partial charge in [-0.1, -0.05) is 0 Å². The fraction of sp³-hybridized carbons (Fsp3) is 0.455. The van der Waals surface area contributed by atoms with Gasteiger partial charge < -0.3 is 16.0 Å². The summed E-state index contributed by atoms with van der Waals surface area (Å²) in [7, 11) is 0. The van der Waals surface area contributed by atoms with Gasteiger partial charge >= 0.3 is 0 Å². The van der Waals surface area contributed by atoms with Crippen LogP contribution in [0, 0.1) is 0 Å². The van der Waals surface area contributed by atoms with Crippen LogP contribution in [0.3, 0.4) is 0 Å². The number of aromatic nitrogens is 1. The van der Waals surface area contributed by atoms with E-state index in [0.717, 1.165) is 31.1 Å². The third kappa shape index (κ3) is 3.61. The van der Waals surface area contributed by atoms with Gasteiger partial charge in [0.05, 0.1) is 5.75 Å². The minimum atomic E-state index is 0.188. The number of carbonyl (C=O) groups excluding carboxylic acids is 1. The molecular formula is C11H16N4OS. The van der Waals surface area contributed by atoms with Crippen LogP contribution < -0.4 is 11.1 Å². The molecule has 2 heterocycles. The molecule has 2 rings (SSSR count). The number of carbonyl (C=O) groups is 1. The quantitative estimate of drug-likeness (QED) is 0.751. The third-order valence-electron chi connectivity index (χ3n) is 2.59. The number of piperazine rings is 1. The van der Waals surface area contributed by atoms with E-state index in [-0.39, 0.29) is 5.91 Å². The molecule has 1 aliphatic rings. The van der Waals surface area contributed by atoms with Gasteiger partial charge in [-0.05, 0) is 12.1 Å². The maximum atomic E-state index is 11.9. The molecule has 1 fully saturated rings. The molecule has 0 atom stereocenters. The first-order chi connectivity index (χ1) is 8.25. The Morgan fingerprint density at radius 3 is 2.88 bits per heavy atom. The normalized spacial score (nSPS) is 15.9. The Kier molecular flexibility index (Phi) is 4.22. The summed E-state index contributed by atoms with van der Waals surface area (Å²) in [6.45, 7) is 3.39. The standard InChI is InChI=1S/C11H16N4OS/c12-10-2-1-9(7-14-10)17-8-11(16)15-5-3-13-4-6-15/h1-2,7,13H,3-6,8H2,(H2,12,14). The van der Waals surface area contributed by atoms with Gasteiger partial charge in [-0.15, -0.1) is 11.8 Å². The lowest BCUT2D eigenvalue weighted by molar-refractivity contribution is -0.128. The smallest absolute Gasteiger partial charge is 0.233 e. The van der Waals surface area contributed by atoms with E-state index >= 15 is 0 Å². The van der Waals surface area contributed by atoms with Crippen LogP contribution >= 0.6 is 11.8 Å². The van der Waals surface area contributed by atoms with Crippen LogP contribution in [0.1, 0.15) is 0 Å². The number of hydrogen-bond acceptors (Lipinski definition) is 5. The Morgan fingerprint density at radius 1 is 1.47 bits per heavy atom. The summed E-state index contributed by atoms with van der Waals surface area (Å²) >= 11 is 1.50. The average Bonchev–Trinajstić information content (AvgIpc) is 2.39. The molecular weight excluding hydrogens is 236 g/mol. The van der Waals surface area contributed by atoms with Gasteiger partial charge in [0, 0.05) is 37.3 Å². The molecule has 6 heteroatoms. The van der Waals surface area contributed by atoms with Crippen molar-refractivity contribution in [2.24, 2.45) is 0 Å². The molecule has 0 aliphatic carbocycles. The fourth-order valence-corrected chi connectivity index (χ4v) is 2.39. The third-order valence-corrected chi connectivity index (χ3v) is 3.56. The topological polar surface area (TPSA) is 71.2 Å². The first-order valence-electron chi connectivity index (χ1n) is 5.58. The number of thioether (sulfide) groups is 1. The zero-order valence-corrected chi connectivity index (χ0v) is 10.4. The number of nitrogens with zero attached hydrogens (tertiary/aromatic N) is 2. The van der Waals surface area contributed by atoms with Crippen LogP contribution in [-0.2, 0) is 4.79 Å². The predicted octanol–water partition coefficient (Wildman–Crippen LogP) is 0.188. The number of nitrogen functional groups attached to an aromatic ring is 1. The number of hydrogen-bond donors (Lipinski definition) is 2. The number of rotatable bonds is 3. The summed E-state index contributed by atoms with van der Waals surface area (Å²) in [4.78, 5) is 18.7. The van der Waals surface area contributed by atoms with Crippen molar-refractivity contribution >= 4 is 23.5 Å². The number of amides is 1. The van der Waals surface area contributed by atoms with Crippen molar-refractivity contribution in [1.82, 2.24) is 15.2 Å². The van der Waals surface area contributed by atoms with Gasteiger partial charge in [0.2, 0.25) is 5.91 Å². The minimum Gasteiger partial charge on any atom is -0.384 e. The van der Waals surface area contributed by atoms with Gasteiger partial charge in [-0.2, -0.15) is 0 Å². The van der Waals surface area contributed by atoms with E-state index in [9.17, 15) is 4.79 Å². The van der Waals surface area contributed by atoms with Crippen molar-refractivity contribution in [3.8, 4) is 0 Å². The highest BCUT2D eigenvalue weighted by Crippen LogP contribution is 2.17. The molecule has 0 radical (unpaired) electrons. The summed E-state index contributed by atoms with van der Waals surface area (Å²) in [5.41, 5.74) is 5.50. The van der Waals surface area contributed by atoms with E-state index in [2.05, 4.69) is 10.3 Å². The second kappa shape index (κ2) is 5.88. The Balaban J connectivity index is 1.81. The number of nitrogens with one attached hydrogen (secondary N) is 1. The lowest BCUT2D eigenvalue weighted by atomic mass is 10.3. The van der Waals surface area contributed by atoms with Gasteiger partial charge in [-0.3, -0.25) is 4.79 Å². The maximum Gasteiger partial charge on any atom is 0.233 e. The van der Waals surface area contributed by atoms with Gasteiger partial charge in [-0.25, -0.2) is 4.98 Å². The summed E-state index contributed by atoms with van der Waals surface area (Å²) in [6.07, 6.45) is 1.70. The Morgan fingerprint density at radius 2 is 2.24 bits per heavy atom. The average molecular weight is 252 g/mol. The highest BCUT2D eigenvalue weighted by molar-refractivity contribution is 8.00. The lowest BCUT2D eigenvalue weighted by Crippen LogP contribution is -2.47. The van der Waals surface area contributed by atoms with Crippen molar-refractivity contribution in [2.45, 2.75) is 4.90 Å². The molecule has 17 heavy (non-hydrogen) atoms. The Bertz CT molecular complexity index is 376. The van der Waals surface area contributed by atoms with Gasteiger partial charge in [0.1, 0.15) is 5.82 Å². The first-order valence-corrected chi connectivity index (χ1v) is 6.57. The molecule has 1 aromatic heterocycles. The van der Waals surface area contributed by atoms with Crippen LogP contribution in [0.15, 0.2) is 23.2 Å². The lowest BCUT2D eigenvalue weighted by Gasteiger charge is -2.27. The molecule has 0 aromatic carbocycles. The molecule has 1 saturated heterocycles. The molecule has 0 unspecified atom stereocenters. The maximum absolute atomic E-state index is 11.9. The van der Waals surface area contributed by atoms with Gasteiger partial charge in [0.25, 0.3) is 0 Å². The molecule has 92 valence electrons. The molecule has 0 saturated carbocycles. The summed E-state index contributed by atoms with van der Waals surface area (Å²) in [5.74, 6) is 1.15. The summed E-state index contributed by atoms with van der Waals surface area (Å²) < 4.78 is 0. The minimum absolute atomic E-state index is 0.188. The van der Waals surface area contributed by atoms with Crippen molar-refractivity contribution < 1.29 is 4.79 Å². The molecule has 1 amide bonds. The molecule has 3 N–H and O–H groups in total. The van der Waals surface area contributed by atoms with Gasteiger partial charge in [0.15, 0.2) is 0 Å². The monoisotopic (exact) mass is 252 g/mol. The fourth-order valence-electron chi connectivity index (χ4n) is 1.63. The van der Waals surface area contributed by atoms with E-state index in [0.29, 0.717) is 11.6 Å². The Hall–Kier alpha value is -1.27. The van der Waals surface area contributed by atoms with Crippen molar-refractivity contribution in [3.05, 3.63) is 18.3 Å². The predicted molar refractivity (Wildman–Crippen MR) is 68.8 cm³/mol. The second-order valence-electron chi connectivity index (χ2n) is 3.84. The molecule has 0 spiro atoms. The highest BCUT2D eigenvalue weighted by atomic mass is 32.2. The Labute approximate surface area is 105 Å². The number of anilines is 1. The highest BCUT2D eigenvalue weighted by Gasteiger charge is 2.15. The van der Waals surface area contributed by atoms with Crippen molar-refractivity contribution in [3.63, 3.8) is 0 Å². The summed E-state index contributed by atoms with van der Waals surface area (Å²) in [5, 5.41) is 3.23. The zero-order chi connectivity index (χ0) is 12.1. The SMILES string of the molecule is Nc1ccc(SCC(=O)N2CCNCC2)cn1. The number of pyridine rings is 1. The second-order valence-corrected chi connectivity index (χ2v) is 4.89. The first kappa shape index (κ1) is 12.2. The van der Waals surface area contributed by atoms with Crippen LogP contribution in [0.2, 0.25) is 0 Å². The molecule has 1 aromatic rings. The van der Waals surface area contributed by atoms with E-state index < -0.39 is 0 Å². The van der Waals surface area contributed by atoms with E-state index in [1.54, 1.807) is 12.3 Å². The molecule has 5 nitrogen and oxygen atoms in total. The van der Waals surface area contributed by atoms with Crippen molar-refractivity contribution in [2.75, 3.05) is 37.7 Å². The largest absolute Gasteiger partial charge is 0.384 e. The van der Waals surface area contributed by atoms with E-state index in [1.165, 1.54) is 11.8 Å². The van der Waals surface area contributed by atoms with Crippen LogP contribution in [-0.4, -0.2) is 47.7 Å². The van der Waals surface area contributed by atoms with Crippen LogP contribution in [0.25, 0.3) is 0 Å². The van der Waals surface area contributed by atoms with Crippen LogP contribution in [0.5, 0.6) is 0 Å². The molecule has 0 bridgehead atoms. The summed E-state index contributed by atoms with van der Waals surface area (Å²) in [6, 6.07) is 3.63. The van der Waals surface area contributed by atoms with E-state index in [1.807, 2.05) is 11.0 Å². The van der Waals surface area contributed by atoms with Crippen LogP contribution in [0.4, 0.5) is 5.82 Å². The van der Waals surface area contributed by atoms with Crippen molar-refractivity contribution in [1.29, 1.82) is 0 Å².